The van der Waals surface area contributed by atoms with Gasteiger partial charge in [0, 0.05) is 31.1 Å². The third kappa shape index (κ3) is 5.06. The summed E-state index contributed by atoms with van der Waals surface area (Å²) < 4.78 is 10.8. The minimum Gasteiger partial charge on any atom is -0.378 e. The van der Waals surface area contributed by atoms with Crippen molar-refractivity contribution in [3.63, 3.8) is 0 Å². The molecule has 32 heavy (non-hydrogen) atoms. The van der Waals surface area contributed by atoms with Gasteiger partial charge < -0.3 is 19.5 Å². The van der Waals surface area contributed by atoms with Crippen LogP contribution < -0.4 is 5.32 Å². The first-order valence-electron chi connectivity index (χ1n) is 10.8. The molecule has 1 N–H and O–H groups in total. The maximum Gasteiger partial charge on any atom is 0.274 e. The van der Waals surface area contributed by atoms with E-state index in [4.69, 9.17) is 9.26 Å². The highest BCUT2D eigenvalue weighted by Gasteiger charge is 2.29. The number of hydrogen-bond donors (Lipinski definition) is 1. The molecule has 0 bridgehead atoms. The fraction of sp³-hybridized carbons (Fsp3) is 0.320. The third-order valence-corrected chi connectivity index (χ3v) is 5.61. The van der Waals surface area contributed by atoms with Crippen molar-refractivity contribution in [2.45, 2.75) is 26.3 Å². The predicted molar refractivity (Wildman–Crippen MR) is 120 cm³/mol. The number of aromatic nitrogens is 1. The molecule has 1 aliphatic heterocycles. The van der Waals surface area contributed by atoms with Gasteiger partial charge in [-0.2, -0.15) is 0 Å². The van der Waals surface area contributed by atoms with E-state index in [1.165, 1.54) is 0 Å². The summed E-state index contributed by atoms with van der Waals surface area (Å²) in [6, 6.07) is 16.6. The number of aryl methyl sites for hydroxylation is 2. The first-order chi connectivity index (χ1) is 15.5. The zero-order chi connectivity index (χ0) is 22.5. The van der Waals surface area contributed by atoms with Crippen LogP contribution in [0.3, 0.4) is 0 Å². The molecule has 1 aliphatic rings. The second-order valence-corrected chi connectivity index (χ2v) is 8.05. The van der Waals surface area contributed by atoms with E-state index in [1.807, 2.05) is 62.4 Å². The molecule has 2 amide bonds. The van der Waals surface area contributed by atoms with Crippen molar-refractivity contribution >= 4 is 11.8 Å². The Kier molecular flexibility index (Phi) is 6.66. The highest BCUT2D eigenvalue weighted by molar-refractivity contribution is 5.96. The van der Waals surface area contributed by atoms with E-state index < -0.39 is 11.9 Å². The molecule has 3 aromatic rings. The number of morpholine rings is 1. The lowest BCUT2D eigenvalue weighted by Crippen LogP contribution is -2.52. The Bertz CT molecular complexity index is 1090. The van der Waals surface area contributed by atoms with Crippen LogP contribution in [0.5, 0.6) is 0 Å². The van der Waals surface area contributed by atoms with Crippen LogP contribution in [-0.2, 0) is 16.0 Å². The lowest BCUT2D eigenvalue weighted by Gasteiger charge is -2.30. The van der Waals surface area contributed by atoms with Crippen molar-refractivity contribution in [1.29, 1.82) is 0 Å². The van der Waals surface area contributed by atoms with E-state index in [-0.39, 0.29) is 11.6 Å². The maximum absolute atomic E-state index is 13.2. The topological polar surface area (TPSA) is 84.7 Å². The van der Waals surface area contributed by atoms with Gasteiger partial charge in [0.25, 0.3) is 5.91 Å². The normalized spacial score (nSPS) is 14.8. The highest BCUT2D eigenvalue weighted by Crippen LogP contribution is 2.25. The Morgan fingerprint density at radius 1 is 1.06 bits per heavy atom. The van der Waals surface area contributed by atoms with Crippen LogP contribution in [0, 0.1) is 13.8 Å². The Hall–Kier alpha value is -3.45. The molecule has 7 nitrogen and oxygen atoms in total. The fourth-order valence-corrected chi connectivity index (χ4v) is 3.80. The van der Waals surface area contributed by atoms with Gasteiger partial charge in [-0.05, 0) is 31.0 Å². The van der Waals surface area contributed by atoms with Crippen LogP contribution in [-0.4, -0.2) is 54.2 Å². The van der Waals surface area contributed by atoms with Gasteiger partial charge in [-0.3, -0.25) is 9.59 Å². The summed E-state index contributed by atoms with van der Waals surface area (Å²) in [6.45, 7) is 6.01. The average molecular weight is 434 g/mol. The zero-order valence-corrected chi connectivity index (χ0v) is 18.3. The molecule has 1 saturated heterocycles. The number of amides is 2. The Balaban J connectivity index is 1.53. The number of rotatable bonds is 6. The van der Waals surface area contributed by atoms with E-state index in [2.05, 4.69) is 10.5 Å². The lowest BCUT2D eigenvalue weighted by molar-refractivity contribution is -0.137. The second-order valence-electron chi connectivity index (χ2n) is 8.05. The summed E-state index contributed by atoms with van der Waals surface area (Å²) >= 11 is 0. The van der Waals surface area contributed by atoms with Gasteiger partial charge in [-0.25, -0.2) is 0 Å². The molecular weight excluding hydrogens is 406 g/mol. The number of carbonyl (C=O) groups is 2. The molecular formula is C25H27N3O4. The largest absolute Gasteiger partial charge is 0.378 e. The summed E-state index contributed by atoms with van der Waals surface area (Å²) in [5.74, 6) is -0.0351. The van der Waals surface area contributed by atoms with Crippen molar-refractivity contribution in [2.24, 2.45) is 0 Å². The van der Waals surface area contributed by atoms with E-state index >= 15 is 0 Å². The molecule has 2 aromatic carbocycles. The Morgan fingerprint density at radius 3 is 2.56 bits per heavy atom. The van der Waals surface area contributed by atoms with Crippen LogP contribution in [0.1, 0.15) is 27.2 Å². The van der Waals surface area contributed by atoms with Gasteiger partial charge in [-0.1, -0.05) is 53.2 Å². The molecule has 1 atom stereocenters. The molecule has 7 heteroatoms. The molecule has 0 spiro atoms. The monoisotopic (exact) mass is 433 g/mol. The first kappa shape index (κ1) is 21.8. The molecule has 0 radical (unpaired) electrons. The third-order valence-electron chi connectivity index (χ3n) is 5.61. The summed E-state index contributed by atoms with van der Waals surface area (Å²) in [5, 5.41) is 6.84. The van der Waals surface area contributed by atoms with E-state index in [0.29, 0.717) is 38.5 Å². The van der Waals surface area contributed by atoms with E-state index in [1.54, 1.807) is 11.0 Å². The second kappa shape index (κ2) is 9.78. The maximum atomic E-state index is 13.2. The molecule has 1 fully saturated rings. The lowest BCUT2D eigenvalue weighted by atomic mass is 10.0. The van der Waals surface area contributed by atoms with Gasteiger partial charge in [-0.15, -0.1) is 0 Å². The number of nitrogens with zero attached hydrogens (tertiary/aromatic N) is 2. The van der Waals surface area contributed by atoms with Crippen molar-refractivity contribution < 1.29 is 18.8 Å². The molecule has 1 aromatic heterocycles. The van der Waals surface area contributed by atoms with Crippen molar-refractivity contribution in [3.8, 4) is 11.3 Å². The van der Waals surface area contributed by atoms with Crippen LogP contribution in [0.4, 0.5) is 0 Å². The minimum absolute atomic E-state index is 0.122. The number of nitrogens with one attached hydrogen (secondary N) is 1. The Morgan fingerprint density at radius 2 is 1.81 bits per heavy atom. The number of hydrogen-bond acceptors (Lipinski definition) is 5. The van der Waals surface area contributed by atoms with Crippen LogP contribution in [0.15, 0.2) is 59.1 Å². The number of ether oxygens (including phenoxy) is 1. The molecule has 2 heterocycles. The van der Waals surface area contributed by atoms with Gasteiger partial charge in [0.15, 0.2) is 11.5 Å². The smallest absolute Gasteiger partial charge is 0.274 e. The predicted octanol–water partition coefficient (Wildman–Crippen LogP) is 3.16. The molecule has 166 valence electrons. The summed E-state index contributed by atoms with van der Waals surface area (Å²) in [7, 11) is 0. The average Bonchev–Trinajstić information content (AvgIpc) is 3.31. The van der Waals surface area contributed by atoms with Crippen molar-refractivity contribution in [2.75, 3.05) is 26.3 Å². The first-order valence-corrected chi connectivity index (χ1v) is 10.8. The van der Waals surface area contributed by atoms with E-state index in [0.717, 1.165) is 22.3 Å². The zero-order valence-electron chi connectivity index (χ0n) is 18.3. The quantitative estimate of drug-likeness (QED) is 0.646. The van der Waals surface area contributed by atoms with Gasteiger partial charge in [0.2, 0.25) is 5.91 Å². The number of benzene rings is 2. The standard InChI is InChI=1S/C25H27N3O4/c1-17-8-9-18(2)20(14-17)23-16-21(27-32-23)24(29)26-22(15-19-6-4-3-5-7-19)25(30)28-10-12-31-13-11-28/h3-9,14,16,22H,10-13,15H2,1-2H3,(H,26,29). The summed E-state index contributed by atoms with van der Waals surface area (Å²) in [5.41, 5.74) is 4.13. The van der Waals surface area contributed by atoms with Crippen LogP contribution in [0.2, 0.25) is 0 Å². The van der Waals surface area contributed by atoms with Gasteiger partial charge in [0.1, 0.15) is 6.04 Å². The van der Waals surface area contributed by atoms with Crippen LogP contribution >= 0.6 is 0 Å². The van der Waals surface area contributed by atoms with Crippen molar-refractivity contribution in [1.82, 2.24) is 15.4 Å². The summed E-state index contributed by atoms with van der Waals surface area (Å²) in [6.07, 6.45) is 0.393. The van der Waals surface area contributed by atoms with E-state index in [9.17, 15) is 9.59 Å². The van der Waals surface area contributed by atoms with Crippen molar-refractivity contribution in [3.05, 3.63) is 77.0 Å². The molecule has 0 saturated carbocycles. The van der Waals surface area contributed by atoms with Gasteiger partial charge >= 0.3 is 0 Å². The van der Waals surface area contributed by atoms with Gasteiger partial charge in [0.05, 0.1) is 13.2 Å². The fourth-order valence-electron chi connectivity index (χ4n) is 3.80. The molecule has 1 unspecified atom stereocenters. The number of carbonyl (C=O) groups excluding carboxylic acids is 2. The molecule has 4 rings (SSSR count). The SMILES string of the molecule is Cc1ccc(C)c(-c2cc(C(=O)NC(Cc3ccccc3)C(=O)N3CCOCC3)no2)c1. The highest BCUT2D eigenvalue weighted by atomic mass is 16.5. The Labute approximate surface area is 187 Å². The minimum atomic E-state index is -0.705. The van der Waals surface area contributed by atoms with Crippen LogP contribution in [0.25, 0.3) is 11.3 Å². The summed E-state index contributed by atoms with van der Waals surface area (Å²) in [4.78, 5) is 27.9. The molecule has 0 aliphatic carbocycles.